The van der Waals surface area contributed by atoms with Crippen LogP contribution < -0.4 is 0 Å². The summed E-state index contributed by atoms with van der Waals surface area (Å²) < 4.78 is 4.39. The lowest BCUT2D eigenvalue weighted by atomic mass is 10.7. The number of hydrogen-bond donors (Lipinski definition) is 1. The first kappa shape index (κ1) is 6.95. The zero-order chi connectivity index (χ0) is 5.70. The molecule has 3 heteroatoms. The normalized spacial score (nSPS) is 13.4. The van der Waals surface area contributed by atoms with Crippen LogP contribution in [0.4, 0.5) is 0 Å². The minimum absolute atomic E-state index is 0.282. The Balaban J connectivity index is 2.81. The van der Waals surface area contributed by atoms with Gasteiger partial charge in [-0.05, 0) is 0 Å². The van der Waals surface area contributed by atoms with E-state index in [1.165, 1.54) is 6.08 Å². The molecule has 2 nitrogen and oxygen atoms in total. The summed E-state index contributed by atoms with van der Waals surface area (Å²) in [7, 11) is 0. The molecule has 0 aliphatic rings. The predicted octanol–water partition coefficient (Wildman–Crippen LogP) is 0.704. The highest BCUT2D eigenvalue weighted by molar-refractivity contribution is 6.18. The van der Waals surface area contributed by atoms with Crippen LogP contribution in [0.2, 0.25) is 0 Å². The molecule has 0 rings (SSSR count). The average molecular weight is 123 g/mol. The lowest BCUT2D eigenvalue weighted by Crippen LogP contribution is -2.01. The largest absolute Gasteiger partial charge is 0.356 e. The molecule has 1 atom stereocenters. The summed E-state index contributed by atoms with van der Waals surface area (Å²) in [6.45, 7) is 3.62. The SMILES string of the molecule is C=CCOC(O)Cl. The predicted molar refractivity (Wildman–Crippen MR) is 28.0 cm³/mol. The topological polar surface area (TPSA) is 29.5 Å². The minimum Gasteiger partial charge on any atom is -0.356 e. The van der Waals surface area contributed by atoms with Crippen LogP contribution in [-0.4, -0.2) is 17.5 Å². The van der Waals surface area contributed by atoms with Crippen LogP contribution in [0.3, 0.4) is 0 Å². The molecule has 1 N–H and O–H groups in total. The van der Waals surface area contributed by atoms with E-state index in [1.807, 2.05) is 0 Å². The Morgan fingerprint density at radius 2 is 2.57 bits per heavy atom. The van der Waals surface area contributed by atoms with Crippen molar-refractivity contribution in [2.75, 3.05) is 6.61 Å². The Bertz CT molecular complexity index is 53.7. The van der Waals surface area contributed by atoms with Gasteiger partial charge in [0.2, 0.25) is 5.75 Å². The van der Waals surface area contributed by atoms with Crippen LogP contribution in [0.25, 0.3) is 0 Å². The number of alkyl halides is 1. The fourth-order valence-corrected chi connectivity index (χ4v) is 0.220. The van der Waals surface area contributed by atoms with E-state index in [1.54, 1.807) is 0 Å². The molecule has 0 saturated heterocycles. The van der Waals surface area contributed by atoms with E-state index in [2.05, 4.69) is 11.3 Å². The van der Waals surface area contributed by atoms with Gasteiger partial charge in [0, 0.05) is 0 Å². The van der Waals surface area contributed by atoms with Crippen molar-refractivity contribution in [2.45, 2.75) is 5.75 Å². The maximum atomic E-state index is 8.18. The Labute approximate surface area is 47.4 Å². The number of rotatable bonds is 3. The Kier molecular flexibility index (Phi) is 4.09. The molecule has 0 saturated carbocycles. The maximum absolute atomic E-state index is 8.18. The third kappa shape index (κ3) is 5.95. The van der Waals surface area contributed by atoms with Crippen LogP contribution in [0, 0.1) is 0 Å². The molecule has 0 aliphatic carbocycles. The molecule has 0 aliphatic heterocycles. The van der Waals surface area contributed by atoms with E-state index in [0.717, 1.165) is 0 Å². The number of hydrogen-bond acceptors (Lipinski definition) is 2. The van der Waals surface area contributed by atoms with Crippen molar-refractivity contribution in [3.8, 4) is 0 Å². The van der Waals surface area contributed by atoms with E-state index in [-0.39, 0.29) is 6.61 Å². The van der Waals surface area contributed by atoms with Gasteiger partial charge in [-0.2, -0.15) is 0 Å². The second-order valence-corrected chi connectivity index (χ2v) is 1.29. The van der Waals surface area contributed by atoms with Crippen LogP contribution >= 0.6 is 11.6 Å². The molecular weight excluding hydrogens is 115 g/mol. The molecule has 0 bridgehead atoms. The molecule has 0 aromatic rings. The standard InChI is InChI=1S/C4H7ClO2/c1-2-3-7-4(5)6/h2,4,6H,1,3H2. The van der Waals surface area contributed by atoms with Gasteiger partial charge in [0.1, 0.15) is 0 Å². The van der Waals surface area contributed by atoms with E-state index < -0.39 is 5.75 Å². The van der Waals surface area contributed by atoms with Crippen LogP contribution in [0.1, 0.15) is 0 Å². The van der Waals surface area contributed by atoms with Gasteiger partial charge < -0.3 is 9.84 Å². The number of halogens is 1. The smallest absolute Gasteiger partial charge is 0.234 e. The van der Waals surface area contributed by atoms with Gasteiger partial charge in [-0.25, -0.2) is 0 Å². The van der Waals surface area contributed by atoms with E-state index in [9.17, 15) is 0 Å². The Morgan fingerprint density at radius 1 is 2.00 bits per heavy atom. The van der Waals surface area contributed by atoms with Gasteiger partial charge in [0.25, 0.3) is 0 Å². The van der Waals surface area contributed by atoms with Crippen molar-refractivity contribution in [2.24, 2.45) is 0 Å². The second-order valence-electron chi connectivity index (χ2n) is 0.914. The second kappa shape index (κ2) is 4.12. The summed E-state index contributed by atoms with van der Waals surface area (Å²) in [6.07, 6.45) is 1.51. The molecule has 0 amide bonds. The van der Waals surface area contributed by atoms with Crippen molar-refractivity contribution in [3.63, 3.8) is 0 Å². The van der Waals surface area contributed by atoms with Crippen LogP contribution in [-0.2, 0) is 4.74 Å². The fourth-order valence-electron chi connectivity index (χ4n) is 0.147. The monoisotopic (exact) mass is 122 g/mol. The molecule has 0 aromatic heterocycles. The third-order valence-corrected chi connectivity index (χ3v) is 0.478. The van der Waals surface area contributed by atoms with E-state index in [0.29, 0.717) is 0 Å². The zero-order valence-corrected chi connectivity index (χ0v) is 4.56. The van der Waals surface area contributed by atoms with E-state index >= 15 is 0 Å². The van der Waals surface area contributed by atoms with Gasteiger partial charge in [0.15, 0.2) is 0 Å². The Morgan fingerprint density at radius 3 is 2.71 bits per heavy atom. The van der Waals surface area contributed by atoms with Gasteiger partial charge in [-0.15, -0.1) is 6.58 Å². The molecule has 0 radical (unpaired) electrons. The average Bonchev–Trinajstić information content (AvgIpc) is 1.61. The van der Waals surface area contributed by atoms with Crippen LogP contribution in [0.15, 0.2) is 12.7 Å². The number of aliphatic hydroxyl groups excluding tert-OH is 1. The van der Waals surface area contributed by atoms with E-state index in [4.69, 9.17) is 16.7 Å². The van der Waals surface area contributed by atoms with Crippen molar-refractivity contribution in [1.29, 1.82) is 0 Å². The molecule has 0 spiro atoms. The van der Waals surface area contributed by atoms with Crippen molar-refractivity contribution in [1.82, 2.24) is 0 Å². The maximum Gasteiger partial charge on any atom is 0.234 e. The highest BCUT2D eigenvalue weighted by Gasteiger charge is 1.90. The third-order valence-electron chi connectivity index (χ3n) is 0.352. The molecule has 42 valence electrons. The Hall–Kier alpha value is -0.0500. The van der Waals surface area contributed by atoms with Crippen LogP contribution in [0.5, 0.6) is 0 Å². The lowest BCUT2D eigenvalue weighted by molar-refractivity contribution is -0.0253. The first-order valence-electron chi connectivity index (χ1n) is 1.82. The van der Waals surface area contributed by atoms with Crippen molar-refractivity contribution < 1.29 is 9.84 Å². The van der Waals surface area contributed by atoms with Crippen molar-refractivity contribution in [3.05, 3.63) is 12.7 Å². The first-order valence-corrected chi connectivity index (χ1v) is 2.25. The minimum atomic E-state index is -1.20. The zero-order valence-electron chi connectivity index (χ0n) is 3.80. The van der Waals surface area contributed by atoms with Gasteiger partial charge in [-0.3, -0.25) is 0 Å². The lowest BCUT2D eigenvalue weighted by Gasteiger charge is -1.97. The molecule has 0 fully saturated rings. The van der Waals surface area contributed by atoms with Gasteiger partial charge >= 0.3 is 0 Å². The first-order chi connectivity index (χ1) is 3.27. The molecular formula is C4H7ClO2. The fraction of sp³-hybridized carbons (Fsp3) is 0.500. The molecule has 1 unspecified atom stereocenters. The quantitative estimate of drug-likeness (QED) is 0.339. The summed E-state index contributed by atoms with van der Waals surface area (Å²) in [4.78, 5) is 0. The molecule has 0 aromatic carbocycles. The van der Waals surface area contributed by atoms with Gasteiger partial charge in [0.05, 0.1) is 6.61 Å². The molecule has 0 heterocycles. The summed E-state index contributed by atoms with van der Waals surface area (Å²) >= 11 is 4.94. The number of ether oxygens (including phenoxy) is 1. The summed E-state index contributed by atoms with van der Waals surface area (Å²) in [5.41, 5.74) is 0. The molecule has 7 heavy (non-hydrogen) atoms. The number of aliphatic hydroxyl groups is 1. The highest BCUT2D eigenvalue weighted by atomic mass is 35.5. The van der Waals surface area contributed by atoms with Crippen molar-refractivity contribution >= 4 is 11.6 Å². The van der Waals surface area contributed by atoms with Gasteiger partial charge in [-0.1, -0.05) is 17.7 Å². The highest BCUT2D eigenvalue weighted by Crippen LogP contribution is 1.89. The summed E-state index contributed by atoms with van der Waals surface area (Å²) in [5, 5.41) is 8.18. The summed E-state index contributed by atoms with van der Waals surface area (Å²) in [5.74, 6) is -1.20. The summed E-state index contributed by atoms with van der Waals surface area (Å²) in [6, 6.07) is 0.